The molecular weight excluding hydrogens is 338 g/mol. The van der Waals surface area contributed by atoms with E-state index in [0.29, 0.717) is 10.8 Å². The molecule has 6 heteroatoms. The zero-order valence-electron chi connectivity index (χ0n) is 14.0. The highest BCUT2D eigenvalue weighted by molar-refractivity contribution is 6.30. The predicted octanol–water partition coefficient (Wildman–Crippen LogP) is 3.97. The highest BCUT2D eigenvalue weighted by atomic mass is 35.5. The van der Waals surface area contributed by atoms with Gasteiger partial charge in [-0.05, 0) is 43.7 Å². The summed E-state index contributed by atoms with van der Waals surface area (Å²) < 4.78 is 5.48. The Hall–Kier alpha value is -2.79. The number of halogens is 1. The minimum atomic E-state index is -0.330. The zero-order valence-corrected chi connectivity index (χ0v) is 14.7. The van der Waals surface area contributed by atoms with Crippen LogP contribution in [-0.2, 0) is 4.79 Å². The van der Waals surface area contributed by atoms with Crippen LogP contribution in [0.5, 0.6) is 5.75 Å². The molecule has 1 heterocycles. The minimum absolute atomic E-state index is 0.118. The lowest BCUT2D eigenvalue weighted by atomic mass is 10.1. The molecule has 0 aliphatic rings. The van der Waals surface area contributed by atoms with Gasteiger partial charge in [0, 0.05) is 27.2 Å². The summed E-state index contributed by atoms with van der Waals surface area (Å²) in [6, 6.07) is 13.2. The van der Waals surface area contributed by atoms with E-state index >= 15 is 0 Å². The maximum absolute atomic E-state index is 11.9. The Morgan fingerprint density at radius 1 is 1.28 bits per heavy atom. The van der Waals surface area contributed by atoms with Crippen molar-refractivity contribution < 1.29 is 9.53 Å². The summed E-state index contributed by atoms with van der Waals surface area (Å²) in [5.41, 5.74) is 6.33. The van der Waals surface area contributed by atoms with Gasteiger partial charge in [0.1, 0.15) is 5.75 Å². The van der Waals surface area contributed by atoms with E-state index in [-0.39, 0.29) is 12.5 Å². The van der Waals surface area contributed by atoms with Crippen LogP contribution in [0, 0.1) is 13.8 Å². The lowest BCUT2D eigenvalue weighted by Crippen LogP contribution is -2.24. The van der Waals surface area contributed by atoms with Crippen molar-refractivity contribution in [1.82, 2.24) is 10.4 Å². The summed E-state index contributed by atoms with van der Waals surface area (Å²) in [6.45, 7) is 3.72. The number of hydrogen-bond donors (Lipinski definition) is 2. The fourth-order valence-electron chi connectivity index (χ4n) is 2.58. The molecule has 25 heavy (non-hydrogen) atoms. The van der Waals surface area contributed by atoms with Gasteiger partial charge >= 0.3 is 0 Å². The lowest BCUT2D eigenvalue weighted by molar-refractivity contribution is -0.123. The van der Waals surface area contributed by atoms with Crippen molar-refractivity contribution in [2.24, 2.45) is 5.10 Å². The second-order valence-electron chi connectivity index (χ2n) is 5.70. The van der Waals surface area contributed by atoms with E-state index in [2.05, 4.69) is 15.5 Å². The summed E-state index contributed by atoms with van der Waals surface area (Å²) >= 11 is 5.89. The maximum Gasteiger partial charge on any atom is 0.277 e. The first-order chi connectivity index (χ1) is 12.0. The van der Waals surface area contributed by atoms with E-state index in [1.807, 2.05) is 38.1 Å². The summed E-state index contributed by atoms with van der Waals surface area (Å²) in [7, 11) is 0. The number of para-hydroxylation sites is 1. The van der Waals surface area contributed by atoms with Crippen LogP contribution in [0.25, 0.3) is 10.9 Å². The maximum atomic E-state index is 11.9. The van der Waals surface area contributed by atoms with Gasteiger partial charge in [0.15, 0.2) is 6.61 Å². The summed E-state index contributed by atoms with van der Waals surface area (Å²) in [5.74, 6) is 0.291. The molecule has 0 saturated heterocycles. The predicted molar refractivity (Wildman–Crippen MR) is 100 cm³/mol. The fourth-order valence-corrected chi connectivity index (χ4v) is 2.81. The smallest absolute Gasteiger partial charge is 0.277 e. The van der Waals surface area contributed by atoms with Gasteiger partial charge in [-0.1, -0.05) is 29.8 Å². The molecule has 0 bridgehead atoms. The molecule has 0 spiro atoms. The van der Waals surface area contributed by atoms with Gasteiger partial charge in [0.05, 0.1) is 6.21 Å². The molecule has 3 rings (SSSR count). The van der Waals surface area contributed by atoms with E-state index in [1.165, 1.54) is 0 Å². The Morgan fingerprint density at radius 3 is 2.88 bits per heavy atom. The molecule has 0 saturated carbocycles. The van der Waals surface area contributed by atoms with E-state index in [9.17, 15) is 4.79 Å². The average molecular weight is 356 g/mol. The van der Waals surface area contributed by atoms with Crippen molar-refractivity contribution in [3.8, 4) is 5.75 Å². The molecular formula is C19H18ClN3O2. The SMILES string of the molecule is Cc1cc(Cl)ccc1OCC(=O)N/N=C/c1c(C)[nH]c2ccccc12. The first-order valence-corrected chi connectivity index (χ1v) is 8.20. The first-order valence-electron chi connectivity index (χ1n) is 7.83. The Labute approximate surface area is 150 Å². The number of aryl methyl sites for hydroxylation is 2. The van der Waals surface area contributed by atoms with Crippen LogP contribution in [0.4, 0.5) is 0 Å². The standard InChI is InChI=1S/C19H18ClN3O2/c1-12-9-14(20)7-8-18(12)25-11-19(24)23-21-10-16-13(2)22-17-6-4-3-5-15(16)17/h3-10,22H,11H2,1-2H3,(H,23,24)/b21-10+. The normalized spacial score (nSPS) is 11.2. The Balaban J connectivity index is 1.60. The molecule has 2 aromatic carbocycles. The van der Waals surface area contributed by atoms with E-state index in [0.717, 1.165) is 27.7 Å². The minimum Gasteiger partial charge on any atom is -0.483 e. The van der Waals surface area contributed by atoms with Crippen LogP contribution in [0.1, 0.15) is 16.8 Å². The van der Waals surface area contributed by atoms with Crippen molar-refractivity contribution in [3.05, 3.63) is 64.3 Å². The molecule has 0 aliphatic carbocycles. The second-order valence-corrected chi connectivity index (χ2v) is 6.14. The number of nitrogens with zero attached hydrogens (tertiary/aromatic N) is 1. The van der Waals surface area contributed by atoms with E-state index in [1.54, 1.807) is 24.4 Å². The number of carbonyl (C=O) groups is 1. The molecule has 3 aromatic rings. The molecule has 128 valence electrons. The number of fused-ring (bicyclic) bond motifs is 1. The van der Waals surface area contributed by atoms with Crippen molar-refractivity contribution >= 4 is 34.6 Å². The third-order valence-electron chi connectivity index (χ3n) is 3.82. The number of aromatic amines is 1. The highest BCUT2D eigenvalue weighted by Gasteiger charge is 2.07. The summed E-state index contributed by atoms with van der Waals surface area (Å²) in [6.07, 6.45) is 1.64. The van der Waals surface area contributed by atoms with Gasteiger partial charge in [-0.15, -0.1) is 0 Å². The van der Waals surface area contributed by atoms with Crippen molar-refractivity contribution in [3.63, 3.8) is 0 Å². The number of benzene rings is 2. The molecule has 1 aromatic heterocycles. The van der Waals surface area contributed by atoms with E-state index in [4.69, 9.17) is 16.3 Å². The Morgan fingerprint density at radius 2 is 2.08 bits per heavy atom. The molecule has 5 nitrogen and oxygen atoms in total. The first kappa shape index (κ1) is 17.0. The number of ether oxygens (including phenoxy) is 1. The van der Waals surface area contributed by atoms with Gasteiger partial charge in [-0.25, -0.2) is 5.43 Å². The molecule has 0 aliphatic heterocycles. The van der Waals surface area contributed by atoms with E-state index < -0.39 is 0 Å². The fraction of sp³-hybridized carbons (Fsp3) is 0.158. The van der Waals surface area contributed by atoms with Crippen LogP contribution >= 0.6 is 11.6 Å². The van der Waals surface area contributed by atoms with Gasteiger partial charge in [0.2, 0.25) is 0 Å². The molecule has 0 fully saturated rings. The zero-order chi connectivity index (χ0) is 17.8. The average Bonchev–Trinajstić information content (AvgIpc) is 2.90. The van der Waals surface area contributed by atoms with Crippen LogP contribution in [0.2, 0.25) is 5.02 Å². The van der Waals surface area contributed by atoms with Gasteiger partial charge in [-0.2, -0.15) is 5.10 Å². The quantitative estimate of drug-likeness (QED) is 0.537. The van der Waals surface area contributed by atoms with Crippen LogP contribution in [0.15, 0.2) is 47.6 Å². The number of amides is 1. The van der Waals surface area contributed by atoms with Gasteiger partial charge < -0.3 is 9.72 Å². The molecule has 1 amide bonds. The van der Waals surface area contributed by atoms with Crippen molar-refractivity contribution in [1.29, 1.82) is 0 Å². The largest absolute Gasteiger partial charge is 0.483 e. The number of nitrogens with one attached hydrogen (secondary N) is 2. The Kier molecular flexibility index (Phi) is 5.05. The van der Waals surface area contributed by atoms with Gasteiger partial charge in [-0.3, -0.25) is 4.79 Å². The Bertz CT molecular complexity index is 947. The van der Waals surface area contributed by atoms with Crippen LogP contribution in [-0.4, -0.2) is 23.7 Å². The van der Waals surface area contributed by atoms with Crippen LogP contribution < -0.4 is 10.2 Å². The topological polar surface area (TPSA) is 66.5 Å². The molecule has 0 radical (unpaired) electrons. The van der Waals surface area contributed by atoms with Crippen molar-refractivity contribution in [2.75, 3.05) is 6.61 Å². The summed E-state index contributed by atoms with van der Waals surface area (Å²) in [4.78, 5) is 15.2. The number of hydrazone groups is 1. The molecule has 0 atom stereocenters. The monoisotopic (exact) mass is 355 g/mol. The number of H-pyrrole nitrogens is 1. The number of aromatic nitrogens is 1. The molecule has 2 N–H and O–H groups in total. The highest BCUT2D eigenvalue weighted by Crippen LogP contribution is 2.22. The third kappa shape index (κ3) is 4.00. The summed E-state index contributed by atoms with van der Waals surface area (Å²) in [5, 5.41) is 5.72. The number of carbonyl (C=O) groups excluding carboxylic acids is 1. The lowest BCUT2D eigenvalue weighted by Gasteiger charge is -2.08. The third-order valence-corrected chi connectivity index (χ3v) is 4.06. The number of rotatable bonds is 5. The van der Waals surface area contributed by atoms with Crippen LogP contribution in [0.3, 0.4) is 0 Å². The van der Waals surface area contributed by atoms with Crippen molar-refractivity contribution in [2.45, 2.75) is 13.8 Å². The molecule has 0 unspecified atom stereocenters. The number of hydrogen-bond acceptors (Lipinski definition) is 3. The van der Waals surface area contributed by atoms with Gasteiger partial charge in [0.25, 0.3) is 5.91 Å². The second kappa shape index (κ2) is 7.40.